The van der Waals surface area contributed by atoms with Gasteiger partial charge in [-0.25, -0.2) is 0 Å². The number of nitro groups is 1. The quantitative estimate of drug-likeness (QED) is 0.413. The predicted molar refractivity (Wildman–Crippen MR) is 80.5 cm³/mol. The van der Waals surface area contributed by atoms with Gasteiger partial charge in [0.25, 0.3) is 5.69 Å². The second-order valence-corrected chi connectivity index (χ2v) is 5.10. The molecule has 0 unspecified atom stereocenters. The Morgan fingerprint density at radius 3 is 2.26 bits per heavy atom. The van der Waals surface area contributed by atoms with Gasteiger partial charge in [0.05, 0.1) is 4.92 Å². The lowest BCUT2D eigenvalue weighted by atomic mass is 9.97. The molecule has 0 aliphatic carbocycles. The van der Waals surface area contributed by atoms with E-state index in [1.165, 1.54) is 24.3 Å². The van der Waals surface area contributed by atoms with Crippen LogP contribution in [-0.4, -0.2) is 35.7 Å². The fraction of sp³-hybridized carbons (Fsp3) is 0.357. The Morgan fingerprint density at radius 1 is 1.09 bits per heavy atom. The van der Waals surface area contributed by atoms with Crippen molar-refractivity contribution >= 4 is 29.1 Å². The molecule has 3 N–H and O–H groups in total. The average molecular weight is 320 g/mol. The molecule has 0 aromatic heterocycles. The molecule has 0 bridgehead atoms. The van der Waals surface area contributed by atoms with Gasteiger partial charge in [0.1, 0.15) is 0 Å². The number of imide groups is 1. The molecule has 0 atom stereocenters. The Balaban J connectivity index is 1.88. The Bertz CT molecular complexity index is 623. The maximum Gasteiger partial charge on any atom is 0.316 e. The number of hydrogen-bond donors (Lipinski definition) is 3. The van der Waals surface area contributed by atoms with Crippen molar-refractivity contribution < 1.29 is 19.3 Å². The summed E-state index contributed by atoms with van der Waals surface area (Å²) in [5.74, 6) is -2.80. The van der Waals surface area contributed by atoms with E-state index in [2.05, 4.69) is 16.0 Å². The normalized spacial score (nSPS) is 14.8. The highest BCUT2D eigenvalue weighted by Crippen LogP contribution is 2.15. The molecule has 122 valence electrons. The zero-order valence-corrected chi connectivity index (χ0v) is 12.2. The van der Waals surface area contributed by atoms with Crippen LogP contribution in [0.3, 0.4) is 0 Å². The fourth-order valence-corrected chi connectivity index (χ4v) is 2.21. The van der Waals surface area contributed by atoms with Crippen molar-refractivity contribution in [3.05, 3.63) is 34.4 Å². The van der Waals surface area contributed by atoms with Crippen molar-refractivity contribution in [2.45, 2.75) is 12.8 Å². The molecule has 1 aromatic carbocycles. The van der Waals surface area contributed by atoms with E-state index in [0.29, 0.717) is 25.9 Å². The van der Waals surface area contributed by atoms with Crippen molar-refractivity contribution in [3.63, 3.8) is 0 Å². The number of piperidine rings is 1. The summed E-state index contributed by atoms with van der Waals surface area (Å²) in [5, 5.41) is 18.0. The van der Waals surface area contributed by atoms with E-state index in [-0.39, 0.29) is 17.3 Å². The number of nitro benzene ring substituents is 1. The minimum Gasteiger partial charge on any atom is -0.318 e. The third-order valence-corrected chi connectivity index (χ3v) is 3.49. The number of benzene rings is 1. The standard InChI is InChI=1S/C14H16N4O5/c19-12(9-5-7-15-8-6-9)17-14(21)13(20)16-10-1-3-11(4-2-10)18(22)23/h1-4,9,15H,5-8H2,(H,16,20)(H,17,19,21). The summed E-state index contributed by atoms with van der Waals surface area (Å²) < 4.78 is 0. The molecule has 1 aromatic rings. The fourth-order valence-electron chi connectivity index (χ4n) is 2.21. The first-order valence-electron chi connectivity index (χ1n) is 7.08. The summed E-state index contributed by atoms with van der Waals surface area (Å²) >= 11 is 0. The second kappa shape index (κ2) is 7.45. The van der Waals surface area contributed by atoms with E-state index in [4.69, 9.17) is 0 Å². The van der Waals surface area contributed by atoms with Crippen LogP contribution in [0, 0.1) is 16.0 Å². The maximum atomic E-state index is 11.9. The first-order chi connectivity index (χ1) is 11.0. The second-order valence-electron chi connectivity index (χ2n) is 5.10. The van der Waals surface area contributed by atoms with E-state index in [1.54, 1.807) is 0 Å². The Morgan fingerprint density at radius 2 is 1.70 bits per heavy atom. The highest BCUT2D eigenvalue weighted by Gasteiger charge is 2.25. The monoisotopic (exact) mass is 320 g/mol. The highest BCUT2D eigenvalue weighted by molar-refractivity contribution is 6.41. The van der Waals surface area contributed by atoms with Gasteiger partial charge in [-0.05, 0) is 38.1 Å². The molecule has 1 fully saturated rings. The van der Waals surface area contributed by atoms with Gasteiger partial charge in [0.15, 0.2) is 0 Å². The number of amides is 3. The molecule has 0 spiro atoms. The number of anilines is 1. The van der Waals surface area contributed by atoms with E-state index >= 15 is 0 Å². The van der Waals surface area contributed by atoms with Crippen LogP contribution in [-0.2, 0) is 14.4 Å². The summed E-state index contributed by atoms with van der Waals surface area (Å²) in [6.45, 7) is 1.39. The molecule has 0 radical (unpaired) electrons. The molecule has 1 saturated heterocycles. The molecule has 2 rings (SSSR count). The van der Waals surface area contributed by atoms with E-state index in [9.17, 15) is 24.5 Å². The molecule has 1 heterocycles. The van der Waals surface area contributed by atoms with Gasteiger partial charge in [0, 0.05) is 23.7 Å². The van der Waals surface area contributed by atoms with Crippen LogP contribution in [0.1, 0.15) is 12.8 Å². The number of rotatable bonds is 3. The van der Waals surface area contributed by atoms with Crippen molar-refractivity contribution in [2.75, 3.05) is 18.4 Å². The van der Waals surface area contributed by atoms with Crippen LogP contribution in [0.15, 0.2) is 24.3 Å². The predicted octanol–water partition coefficient (Wildman–Crippen LogP) is 0.176. The molecule has 3 amide bonds. The Hall–Kier alpha value is -2.81. The number of non-ortho nitro benzene ring substituents is 1. The van der Waals surface area contributed by atoms with Crippen LogP contribution in [0.2, 0.25) is 0 Å². The highest BCUT2D eigenvalue weighted by atomic mass is 16.6. The minimum atomic E-state index is -1.05. The summed E-state index contributed by atoms with van der Waals surface area (Å²) in [5.41, 5.74) is 0.0959. The van der Waals surface area contributed by atoms with E-state index in [1.807, 2.05) is 0 Å². The number of carbonyl (C=O) groups is 3. The van der Waals surface area contributed by atoms with Crippen molar-refractivity contribution in [2.24, 2.45) is 5.92 Å². The largest absolute Gasteiger partial charge is 0.318 e. The molecule has 9 nitrogen and oxygen atoms in total. The van der Waals surface area contributed by atoms with Crippen LogP contribution < -0.4 is 16.0 Å². The van der Waals surface area contributed by atoms with Gasteiger partial charge in [-0.1, -0.05) is 0 Å². The van der Waals surface area contributed by atoms with Crippen LogP contribution in [0.25, 0.3) is 0 Å². The first-order valence-corrected chi connectivity index (χ1v) is 7.08. The summed E-state index contributed by atoms with van der Waals surface area (Å²) in [6, 6.07) is 5.01. The van der Waals surface area contributed by atoms with Crippen LogP contribution in [0.4, 0.5) is 11.4 Å². The van der Waals surface area contributed by atoms with Gasteiger partial charge in [-0.15, -0.1) is 0 Å². The van der Waals surface area contributed by atoms with Gasteiger partial charge in [0.2, 0.25) is 5.91 Å². The lowest BCUT2D eigenvalue weighted by Crippen LogP contribution is -2.44. The SMILES string of the molecule is O=C(NC(=O)C1CCNCC1)C(=O)Nc1ccc([N+](=O)[O-])cc1. The van der Waals surface area contributed by atoms with Gasteiger partial charge in [-0.3, -0.25) is 29.8 Å². The summed E-state index contributed by atoms with van der Waals surface area (Å²) in [6.07, 6.45) is 1.23. The average Bonchev–Trinajstić information content (AvgIpc) is 2.56. The molecular formula is C14H16N4O5. The molecule has 23 heavy (non-hydrogen) atoms. The topological polar surface area (TPSA) is 130 Å². The lowest BCUT2D eigenvalue weighted by Gasteiger charge is -2.21. The zero-order chi connectivity index (χ0) is 16.8. The number of carbonyl (C=O) groups excluding carboxylic acids is 3. The van der Waals surface area contributed by atoms with Gasteiger partial charge < -0.3 is 10.6 Å². The van der Waals surface area contributed by atoms with Gasteiger partial charge in [-0.2, -0.15) is 0 Å². The zero-order valence-electron chi connectivity index (χ0n) is 12.2. The molecule has 1 aliphatic heterocycles. The number of hydrogen-bond acceptors (Lipinski definition) is 6. The summed E-state index contributed by atoms with van der Waals surface area (Å²) in [7, 11) is 0. The summed E-state index contributed by atoms with van der Waals surface area (Å²) in [4.78, 5) is 45.3. The van der Waals surface area contributed by atoms with Crippen molar-refractivity contribution in [1.29, 1.82) is 0 Å². The van der Waals surface area contributed by atoms with Crippen molar-refractivity contribution in [1.82, 2.24) is 10.6 Å². The molecule has 0 saturated carbocycles. The van der Waals surface area contributed by atoms with E-state index < -0.39 is 22.6 Å². The maximum absolute atomic E-state index is 11.9. The van der Waals surface area contributed by atoms with Crippen LogP contribution >= 0.6 is 0 Å². The molecular weight excluding hydrogens is 304 g/mol. The lowest BCUT2D eigenvalue weighted by molar-refractivity contribution is -0.384. The minimum absolute atomic E-state index is 0.131. The Labute approximate surface area is 131 Å². The number of nitrogens with one attached hydrogen (secondary N) is 3. The van der Waals surface area contributed by atoms with Gasteiger partial charge >= 0.3 is 11.8 Å². The first kappa shape index (κ1) is 16.6. The number of nitrogens with zero attached hydrogens (tertiary/aromatic N) is 1. The van der Waals surface area contributed by atoms with Crippen LogP contribution in [0.5, 0.6) is 0 Å². The smallest absolute Gasteiger partial charge is 0.316 e. The molecule has 1 aliphatic rings. The third kappa shape index (κ3) is 4.58. The molecule has 9 heteroatoms. The van der Waals surface area contributed by atoms with E-state index in [0.717, 1.165) is 0 Å². The third-order valence-electron chi connectivity index (χ3n) is 3.49. The Kier molecular flexibility index (Phi) is 5.36. The van der Waals surface area contributed by atoms with Crippen molar-refractivity contribution in [3.8, 4) is 0 Å².